The van der Waals surface area contributed by atoms with Gasteiger partial charge in [-0.25, -0.2) is 0 Å². The van der Waals surface area contributed by atoms with Crippen LogP contribution < -0.4 is 10.1 Å². The van der Waals surface area contributed by atoms with E-state index in [4.69, 9.17) is 4.74 Å². The van der Waals surface area contributed by atoms with Crippen molar-refractivity contribution < 1.29 is 9.53 Å². The Bertz CT molecular complexity index is 488. The van der Waals surface area contributed by atoms with Crippen LogP contribution in [0.1, 0.15) is 39.9 Å². The second-order valence-corrected chi connectivity index (χ2v) is 5.43. The molecule has 19 heavy (non-hydrogen) atoms. The minimum absolute atomic E-state index is 0.124. The lowest BCUT2D eigenvalue weighted by atomic mass is 9.85. The standard InChI is InChI=1S/C16H23NO2/c1-10-8-14(19-4)11(2)12(3)15(10)16(18)13-6-5-7-17-9-13/h8,13,17H,5-7,9H2,1-4H3. The lowest BCUT2D eigenvalue weighted by Crippen LogP contribution is -2.35. The van der Waals surface area contributed by atoms with Crippen molar-refractivity contribution in [3.63, 3.8) is 0 Å². The fourth-order valence-electron chi connectivity index (χ4n) is 2.92. The van der Waals surface area contributed by atoms with Gasteiger partial charge in [-0.2, -0.15) is 0 Å². The predicted molar refractivity (Wildman–Crippen MR) is 77.1 cm³/mol. The van der Waals surface area contributed by atoms with Crippen LogP contribution in [-0.4, -0.2) is 26.0 Å². The first kappa shape index (κ1) is 14.1. The summed E-state index contributed by atoms with van der Waals surface area (Å²) < 4.78 is 5.36. The van der Waals surface area contributed by atoms with E-state index in [-0.39, 0.29) is 11.7 Å². The number of ketones is 1. The average molecular weight is 261 g/mol. The van der Waals surface area contributed by atoms with E-state index in [1.165, 1.54) is 0 Å². The predicted octanol–water partition coefficient (Wildman–Crippen LogP) is 2.80. The Morgan fingerprint density at radius 1 is 1.32 bits per heavy atom. The van der Waals surface area contributed by atoms with Crippen LogP contribution in [-0.2, 0) is 0 Å². The topological polar surface area (TPSA) is 38.3 Å². The summed E-state index contributed by atoms with van der Waals surface area (Å²) in [5.41, 5.74) is 4.05. The van der Waals surface area contributed by atoms with Crippen molar-refractivity contribution in [1.29, 1.82) is 0 Å². The number of hydrogen-bond donors (Lipinski definition) is 1. The summed E-state index contributed by atoms with van der Waals surface area (Å²) in [7, 11) is 1.67. The van der Waals surface area contributed by atoms with Gasteiger partial charge >= 0.3 is 0 Å². The Balaban J connectivity index is 2.38. The number of nitrogens with one attached hydrogen (secondary N) is 1. The van der Waals surface area contributed by atoms with Crippen molar-refractivity contribution in [2.75, 3.05) is 20.2 Å². The van der Waals surface area contributed by atoms with Crippen LogP contribution in [0.3, 0.4) is 0 Å². The van der Waals surface area contributed by atoms with Crippen molar-refractivity contribution in [3.05, 3.63) is 28.3 Å². The summed E-state index contributed by atoms with van der Waals surface area (Å²) in [6, 6.07) is 1.98. The molecule has 0 bridgehead atoms. The highest BCUT2D eigenvalue weighted by Crippen LogP contribution is 2.30. The molecule has 2 rings (SSSR count). The molecular formula is C16H23NO2. The summed E-state index contributed by atoms with van der Waals surface area (Å²) in [5, 5.41) is 3.32. The number of carbonyl (C=O) groups is 1. The normalized spacial score (nSPS) is 19.3. The molecule has 1 unspecified atom stereocenters. The van der Waals surface area contributed by atoms with E-state index in [0.29, 0.717) is 0 Å². The first-order chi connectivity index (χ1) is 9.06. The number of methoxy groups -OCH3 is 1. The number of ether oxygens (including phenoxy) is 1. The van der Waals surface area contributed by atoms with E-state index in [1.807, 2.05) is 26.8 Å². The fraction of sp³-hybridized carbons (Fsp3) is 0.562. The highest BCUT2D eigenvalue weighted by Gasteiger charge is 2.25. The monoisotopic (exact) mass is 261 g/mol. The largest absolute Gasteiger partial charge is 0.496 e. The average Bonchev–Trinajstić information content (AvgIpc) is 2.43. The molecule has 1 atom stereocenters. The van der Waals surface area contributed by atoms with Crippen molar-refractivity contribution in [3.8, 4) is 5.75 Å². The number of aryl methyl sites for hydroxylation is 1. The van der Waals surface area contributed by atoms with Crippen LogP contribution in [0.5, 0.6) is 5.75 Å². The zero-order valence-electron chi connectivity index (χ0n) is 12.3. The van der Waals surface area contributed by atoms with Crippen molar-refractivity contribution >= 4 is 5.78 Å². The Hall–Kier alpha value is -1.35. The van der Waals surface area contributed by atoms with Crippen molar-refractivity contribution in [2.24, 2.45) is 5.92 Å². The Kier molecular flexibility index (Phi) is 4.25. The third-order valence-corrected chi connectivity index (χ3v) is 4.18. The van der Waals surface area contributed by atoms with E-state index in [0.717, 1.165) is 53.9 Å². The number of Topliss-reactive ketones (excluding diaryl/α,β-unsaturated/α-hetero) is 1. The van der Waals surface area contributed by atoms with E-state index in [2.05, 4.69) is 5.32 Å². The fourth-order valence-corrected chi connectivity index (χ4v) is 2.92. The summed E-state index contributed by atoms with van der Waals surface area (Å²) in [4.78, 5) is 12.7. The molecule has 0 radical (unpaired) electrons. The zero-order valence-corrected chi connectivity index (χ0v) is 12.3. The molecule has 0 saturated carbocycles. The third-order valence-electron chi connectivity index (χ3n) is 4.18. The van der Waals surface area contributed by atoms with Gasteiger partial charge in [-0.1, -0.05) is 0 Å². The Labute approximate surface area is 115 Å². The molecule has 104 valence electrons. The minimum Gasteiger partial charge on any atom is -0.496 e. The number of benzene rings is 1. The number of hydrogen-bond acceptors (Lipinski definition) is 3. The second kappa shape index (κ2) is 5.74. The first-order valence-corrected chi connectivity index (χ1v) is 6.96. The summed E-state index contributed by atoms with van der Waals surface area (Å²) >= 11 is 0. The number of carbonyl (C=O) groups excluding carboxylic acids is 1. The molecule has 0 spiro atoms. The first-order valence-electron chi connectivity index (χ1n) is 6.96. The molecule has 1 aliphatic rings. The lowest BCUT2D eigenvalue weighted by Gasteiger charge is -2.24. The number of piperidine rings is 1. The SMILES string of the molecule is COc1cc(C)c(C(=O)C2CCCNC2)c(C)c1C. The van der Waals surface area contributed by atoms with E-state index in [9.17, 15) is 4.79 Å². The highest BCUT2D eigenvalue weighted by molar-refractivity contribution is 6.01. The van der Waals surface area contributed by atoms with Gasteiger partial charge in [0.05, 0.1) is 7.11 Å². The Morgan fingerprint density at radius 2 is 2.05 bits per heavy atom. The van der Waals surface area contributed by atoms with Crippen LogP contribution in [0.2, 0.25) is 0 Å². The maximum Gasteiger partial charge on any atom is 0.167 e. The molecule has 3 heteroatoms. The highest BCUT2D eigenvalue weighted by atomic mass is 16.5. The smallest absolute Gasteiger partial charge is 0.167 e. The van der Waals surface area contributed by atoms with Crippen molar-refractivity contribution in [2.45, 2.75) is 33.6 Å². The van der Waals surface area contributed by atoms with Gasteiger partial charge in [-0.05, 0) is 62.9 Å². The van der Waals surface area contributed by atoms with Gasteiger partial charge in [-0.3, -0.25) is 4.79 Å². The zero-order chi connectivity index (χ0) is 14.0. The van der Waals surface area contributed by atoms with Crippen LogP contribution in [0.4, 0.5) is 0 Å². The quantitative estimate of drug-likeness (QED) is 0.850. The van der Waals surface area contributed by atoms with Crippen LogP contribution in [0.15, 0.2) is 6.07 Å². The molecule has 1 N–H and O–H groups in total. The van der Waals surface area contributed by atoms with Gasteiger partial charge in [0.25, 0.3) is 0 Å². The molecular weight excluding hydrogens is 238 g/mol. The van der Waals surface area contributed by atoms with Crippen LogP contribution in [0.25, 0.3) is 0 Å². The van der Waals surface area contributed by atoms with Crippen molar-refractivity contribution in [1.82, 2.24) is 5.32 Å². The molecule has 0 aromatic heterocycles. The van der Waals surface area contributed by atoms with E-state index < -0.39 is 0 Å². The maximum absolute atomic E-state index is 12.7. The molecule has 3 nitrogen and oxygen atoms in total. The summed E-state index contributed by atoms with van der Waals surface area (Å²) in [6.07, 6.45) is 2.08. The molecule has 1 aromatic carbocycles. The summed E-state index contributed by atoms with van der Waals surface area (Å²) in [5.74, 6) is 1.28. The van der Waals surface area contributed by atoms with Gasteiger partial charge in [-0.15, -0.1) is 0 Å². The Morgan fingerprint density at radius 3 is 2.63 bits per heavy atom. The summed E-state index contributed by atoms with van der Waals surface area (Å²) in [6.45, 7) is 7.88. The van der Waals surface area contributed by atoms with E-state index in [1.54, 1.807) is 7.11 Å². The van der Waals surface area contributed by atoms with Gasteiger partial charge in [0.15, 0.2) is 5.78 Å². The molecule has 1 aliphatic heterocycles. The van der Waals surface area contributed by atoms with Gasteiger partial charge in [0.1, 0.15) is 5.75 Å². The van der Waals surface area contributed by atoms with Gasteiger partial charge in [0, 0.05) is 18.0 Å². The molecule has 1 heterocycles. The second-order valence-electron chi connectivity index (χ2n) is 5.43. The van der Waals surface area contributed by atoms with Crippen LogP contribution in [0, 0.1) is 26.7 Å². The van der Waals surface area contributed by atoms with Gasteiger partial charge < -0.3 is 10.1 Å². The molecule has 0 aliphatic carbocycles. The molecule has 1 fully saturated rings. The van der Waals surface area contributed by atoms with Gasteiger partial charge in [0.2, 0.25) is 0 Å². The van der Waals surface area contributed by atoms with E-state index >= 15 is 0 Å². The third kappa shape index (κ3) is 2.66. The minimum atomic E-state index is 0.124. The van der Waals surface area contributed by atoms with Crippen LogP contribution >= 0.6 is 0 Å². The maximum atomic E-state index is 12.7. The molecule has 1 saturated heterocycles. The molecule has 0 amide bonds. The number of rotatable bonds is 3. The molecule has 1 aromatic rings. The lowest BCUT2D eigenvalue weighted by molar-refractivity contribution is 0.0898.